The molecule has 0 spiro atoms. The normalized spacial score (nSPS) is 16.0. The second-order valence-corrected chi connectivity index (χ2v) is 6.89. The van der Waals surface area contributed by atoms with Crippen LogP contribution in [0.15, 0.2) is 60.1 Å². The Balaban J connectivity index is 1.81. The number of benzene rings is 2. The number of methoxy groups -OCH3 is 3. The van der Waals surface area contributed by atoms with Gasteiger partial charge in [0.2, 0.25) is 0 Å². The molecule has 2 amide bonds. The van der Waals surface area contributed by atoms with E-state index in [1.54, 1.807) is 24.5 Å². The number of hydrogen-bond acceptors (Lipinski definition) is 6. The molecule has 1 unspecified atom stereocenters. The summed E-state index contributed by atoms with van der Waals surface area (Å²) in [6, 6.07) is 11.7. The number of esters is 1. The maximum atomic E-state index is 12.8. The fraction of sp³-hybridized carbons (Fsp3) is 0.227. The number of urea groups is 1. The Hall–Kier alpha value is -4.01. The Kier molecular flexibility index (Phi) is 5.48. The summed E-state index contributed by atoms with van der Waals surface area (Å²) in [6.45, 7) is 0.238. The average Bonchev–Trinajstić information content (AvgIpc) is 3.20. The third kappa shape index (κ3) is 3.77. The van der Waals surface area contributed by atoms with Gasteiger partial charge in [0.1, 0.15) is 0 Å². The molecule has 31 heavy (non-hydrogen) atoms. The number of carbonyl (C=O) groups is 2. The van der Waals surface area contributed by atoms with Crippen molar-refractivity contribution in [2.24, 2.45) is 0 Å². The summed E-state index contributed by atoms with van der Waals surface area (Å²) in [5, 5.41) is 5.56. The zero-order chi connectivity index (χ0) is 22.0. The van der Waals surface area contributed by atoms with Crippen LogP contribution in [0, 0.1) is 0 Å². The Morgan fingerprint density at radius 1 is 1.10 bits per heavy atom. The molecule has 1 atom stereocenters. The zero-order valence-electron chi connectivity index (χ0n) is 17.3. The van der Waals surface area contributed by atoms with E-state index >= 15 is 0 Å². The van der Waals surface area contributed by atoms with Gasteiger partial charge in [-0.2, -0.15) is 0 Å². The van der Waals surface area contributed by atoms with E-state index in [0.29, 0.717) is 28.3 Å². The Morgan fingerprint density at radius 2 is 1.87 bits per heavy atom. The minimum Gasteiger partial charge on any atom is -0.493 e. The van der Waals surface area contributed by atoms with Gasteiger partial charge in [0.05, 0.1) is 62.5 Å². The van der Waals surface area contributed by atoms with Crippen molar-refractivity contribution in [1.82, 2.24) is 20.2 Å². The molecular formula is C22H22N4O5. The van der Waals surface area contributed by atoms with Gasteiger partial charge in [-0.25, -0.2) is 14.6 Å². The Labute approximate surface area is 178 Å². The van der Waals surface area contributed by atoms with Gasteiger partial charge < -0.3 is 29.4 Å². The smallest absolute Gasteiger partial charge is 0.338 e. The van der Waals surface area contributed by atoms with E-state index in [9.17, 15) is 9.59 Å². The van der Waals surface area contributed by atoms with Crippen molar-refractivity contribution in [2.75, 3.05) is 21.3 Å². The number of rotatable bonds is 6. The monoisotopic (exact) mass is 422 g/mol. The van der Waals surface area contributed by atoms with Crippen molar-refractivity contribution in [3.8, 4) is 11.5 Å². The van der Waals surface area contributed by atoms with Crippen molar-refractivity contribution in [2.45, 2.75) is 12.6 Å². The van der Waals surface area contributed by atoms with Crippen LogP contribution in [0.3, 0.4) is 0 Å². The molecule has 9 nitrogen and oxygen atoms in total. The van der Waals surface area contributed by atoms with Gasteiger partial charge in [-0.05, 0) is 29.8 Å². The fourth-order valence-corrected chi connectivity index (χ4v) is 3.68. The predicted octanol–water partition coefficient (Wildman–Crippen LogP) is 2.53. The number of allylic oxidation sites excluding steroid dienone is 1. The van der Waals surface area contributed by atoms with Crippen LogP contribution in [-0.2, 0) is 16.1 Å². The van der Waals surface area contributed by atoms with Gasteiger partial charge in [0, 0.05) is 0 Å². The molecule has 0 bridgehead atoms. The summed E-state index contributed by atoms with van der Waals surface area (Å²) in [5.41, 5.74) is 3.08. The van der Waals surface area contributed by atoms with Crippen LogP contribution >= 0.6 is 0 Å². The number of carbonyl (C=O) groups excluding carboxylic acids is 2. The quantitative estimate of drug-likeness (QED) is 0.592. The average molecular weight is 422 g/mol. The summed E-state index contributed by atoms with van der Waals surface area (Å²) in [4.78, 5) is 29.7. The molecule has 0 saturated carbocycles. The van der Waals surface area contributed by atoms with Gasteiger partial charge >= 0.3 is 12.0 Å². The Morgan fingerprint density at radius 3 is 2.61 bits per heavy atom. The molecule has 3 aromatic rings. The van der Waals surface area contributed by atoms with Gasteiger partial charge in [0.25, 0.3) is 0 Å². The molecule has 2 N–H and O–H groups in total. The van der Waals surface area contributed by atoms with Crippen molar-refractivity contribution in [3.05, 3.63) is 65.6 Å². The van der Waals surface area contributed by atoms with E-state index in [4.69, 9.17) is 14.2 Å². The highest BCUT2D eigenvalue weighted by Crippen LogP contribution is 2.34. The molecule has 0 aliphatic carbocycles. The first kappa shape index (κ1) is 20.3. The van der Waals surface area contributed by atoms with Crippen molar-refractivity contribution in [1.29, 1.82) is 0 Å². The number of hydrogen-bond donors (Lipinski definition) is 2. The van der Waals surface area contributed by atoms with Crippen LogP contribution in [-0.4, -0.2) is 42.9 Å². The lowest BCUT2D eigenvalue weighted by Gasteiger charge is -2.29. The zero-order valence-corrected chi connectivity index (χ0v) is 17.3. The first-order chi connectivity index (χ1) is 15.0. The van der Waals surface area contributed by atoms with Crippen LogP contribution in [0.5, 0.6) is 11.5 Å². The maximum Gasteiger partial charge on any atom is 0.338 e. The first-order valence-corrected chi connectivity index (χ1v) is 9.56. The molecule has 9 heteroatoms. The number of imidazole rings is 1. The fourth-order valence-electron chi connectivity index (χ4n) is 3.68. The van der Waals surface area contributed by atoms with Gasteiger partial charge in [-0.1, -0.05) is 18.2 Å². The predicted molar refractivity (Wildman–Crippen MR) is 113 cm³/mol. The molecule has 1 aliphatic rings. The molecule has 2 heterocycles. The van der Waals surface area contributed by atoms with Crippen LogP contribution in [0.2, 0.25) is 0 Å². The summed E-state index contributed by atoms with van der Waals surface area (Å²) >= 11 is 0. The van der Waals surface area contributed by atoms with E-state index in [0.717, 1.165) is 11.0 Å². The SMILES string of the molecule is COC(=O)C1=C(Cn2cnc3ccccc32)NC(=O)NC1c1ccc(OC)c(OC)c1. The largest absolute Gasteiger partial charge is 0.493 e. The summed E-state index contributed by atoms with van der Waals surface area (Å²) in [7, 11) is 4.37. The highest BCUT2D eigenvalue weighted by Gasteiger charge is 2.34. The summed E-state index contributed by atoms with van der Waals surface area (Å²) in [6.07, 6.45) is 1.67. The molecular weight excluding hydrogens is 400 g/mol. The van der Waals surface area contributed by atoms with Gasteiger partial charge in [-0.3, -0.25) is 0 Å². The lowest BCUT2D eigenvalue weighted by molar-refractivity contribution is -0.136. The molecule has 0 radical (unpaired) electrons. The van der Waals surface area contributed by atoms with Gasteiger partial charge in [-0.15, -0.1) is 0 Å². The van der Waals surface area contributed by atoms with Crippen LogP contribution in [0.4, 0.5) is 4.79 Å². The molecule has 160 valence electrons. The van der Waals surface area contributed by atoms with E-state index in [1.165, 1.54) is 21.3 Å². The van der Waals surface area contributed by atoms with Crippen LogP contribution < -0.4 is 20.1 Å². The highest BCUT2D eigenvalue weighted by atomic mass is 16.5. The maximum absolute atomic E-state index is 12.8. The first-order valence-electron chi connectivity index (χ1n) is 9.56. The molecule has 0 saturated heterocycles. The Bertz CT molecular complexity index is 1180. The third-order valence-corrected chi connectivity index (χ3v) is 5.16. The molecule has 1 aromatic heterocycles. The van der Waals surface area contributed by atoms with Crippen molar-refractivity contribution in [3.63, 3.8) is 0 Å². The van der Waals surface area contributed by atoms with E-state index < -0.39 is 18.0 Å². The number of nitrogens with zero attached hydrogens (tertiary/aromatic N) is 2. The minimum absolute atomic E-state index is 0.238. The standard InChI is InChI=1S/C22H22N4O5/c1-29-17-9-8-13(10-18(17)30-2)20-19(21(27)31-3)15(24-22(28)25-20)11-26-12-23-14-6-4-5-7-16(14)26/h4-10,12,20H,11H2,1-3H3,(H2,24,25,28). The number of nitrogens with one attached hydrogen (secondary N) is 2. The van der Waals surface area contributed by atoms with Crippen molar-refractivity contribution >= 4 is 23.0 Å². The molecule has 0 fully saturated rings. The second-order valence-electron chi connectivity index (χ2n) is 6.89. The van der Waals surface area contributed by atoms with E-state index in [-0.39, 0.29) is 6.54 Å². The molecule has 2 aromatic carbocycles. The van der Waals surface area contributed by atoms with Gasteiger partial charge in [0.15, 0.2) is 11.5 Å². The number of fused-ring (bicyclic) bond motifs is 1. The number of amides is 2. The highest BCUT2D eigenvalue weighted by molar-refractivity contribution is 5.95. The van der Waals surface area contributed by atoms with Crippen molar-refractivity contribution < 1.29 is 23.8 Å². The van der Waals surface area contributed by atoms with Crippen LogP contribution in [0.1, 0.15) is 11.6 Å². The topological polar surface area (TPSA) is 104 Å². The number of ether oxygens (including phenoxy) is 3. The molecule has 1 aliphatic heterocycles. The number of para-hydroxylation sites is 2. The lowest BCUT2D eigenvalue weighted by atomic mass is 9.94. The second kappa shape index (κ2) is 8.39. The number of aromatic nitrogens is 2. The summed E-state index contributed by atoms with van der Waals surface area (Å²) < 4.78 is 17.6. The van der Waals surface area contributed by atoms with Crippen LogP contribution in [0.25, 0.3) is 11.0 Å². The lowest BCUT2D eigenvalue weighted by Crippen LogP contribution is -2.46. The third-order valence-electron chi connectivity index (χ3n) is 5.16. The summed E-state index contributed by atoms with van der Waals surface area (Å²) in [5.74, 6) is 0.478. The molecule has 4 rings (SSSR count). The van der Waals surface area contributed by atoms with E-state index in [1.807, 2.05) is 28.8 Å². The van der Waals surface area contributed by atoms with E-state index in [2.05, 4.69) is 15.6 Å². The minimum atomic E-state index is -0.731.